The lowest BCUT2D eigenvalue weighted by Crippen LogP contribution is -2.48. The van der Waals surface area contributed by atoms with Crippen molar-refractivity contribution in [2.24, 2.45) is 0 Å². The number of likely N-dealkylation sites (N-methyl/N-ethyl adjacent to an activating group) is 2. The van der Waals surface area contributed by atoms with E-state index in [2.05, 4.69) is 10.2 Å². The quantitative estimate of drug-likeness (QED) is 0.884. The van der Waals surface area contributed by atoms with Crippen molar-refractivity contribution >= 4 is 41.3 Å². The molecule has 21 heavy (non-hydrogen) atoms. The van der Waals surface area contributed by atoms with Crippen LogP contribution in [0.1, 0.15) is 17.7 Å². The molecule has 4 nitrogen and oxygen atoms in total. The van der Waals surface area contributed by atoms with Gasteiger partial charge in [-0.25, -0.2) is 0 Å². The summed E-state index contributed by atoms with van der Waals surface area (Å²) in [5.74, 6) is 0.172. The molecule has 1 saturated heterocycles. The Morgan fingerprint density at radius 1 is 1.57 bits per heavy atom. The molecule has 1 aromatic rings. The highest BCUT2D eigenvalue weighted by molar-refractivity contribution is 7.16. The Balaban J connectivity index is 0.00000220. The highest BCUT2D eigenvalue weighted by Gasteiger charge is 2.21. The number of nitrogens with one attached hydrogen (secondary N) is 1. The van der Waals surface area contributed by atoms with Gasteiger partial charge in [0.2, 0.25) is 5.91 Å². The standard InChI is InChI=1S/C14H22ClN3OS.ClH/c1-16-11-4-3-7-18(8-11)10-14(19)17(2)9-12-5-6-13(15)20-12;/h5-6,11,16H,3-4,7-10H2,1-2H3;1H. The van der Waals surface area contributed by atoms with Crippen LogP contribution in [-0.4, -0.2) is 55.5 Å². The lowest BCUT2D eigenvalue weighted by molar-refractivity contribution is -0.131. The fourth-order valence-corrected chi connectivity index (χ4v) is 3.65. The van der Waals surface area contributed by atoms with Gasteiger partial charge in [-0.15, -0.1) is 23.7 Å². The maximum Gasteiger partial charge on any atom is 0.236 e. The van der Waals surface area contributed by atoms with Gasteiger partial charge in [0.1, 0.15) is 0 Å². The van der Waals surface area contributed by atoms with Crippen molar-refractivity contribution in [1.82, 2.24) is 15.1 Å². The summed E-state index contributed by atoms with van der Waals surface area (Å²) in [4.78, 5) is 17.4. The van der Waals surface area contributed by atoms with Gasteiger partial charge in [-0.3, -0.25) is 9.69 Å². The Labute approximate surface area is 141 Å². The fraction of sp³-hybridized carbons (Fsp3) is 0.643. The zero-order chi connectivity index (χ0) is 14.5. The highest BCUT2D eigenvalue weighted by Crippen LogP contribution is 2.22. The van der Waals surface area contributed by atoms with Crippen molar-refractivity contribution in [3.8, 4) is 0 Å². The number of amides is 1. The maximum absolute atomic E-state index is 12.3. The molecule has 1 amide bonds. The van der Waals surface area contributed by atoms with Gasteiger partial charge in [0, 0.05) is 24.5 Å². The number of carbonyl (C=O) groups excluding carboxylic acids is 1. The van der Waals surface area contributed by atoms with E-state index in [0.717, 1.165) is 28.7 Å². The molecule has 1 aliphatic rings. The molecule has 1 aromatic heterocycles. The van der Waals surface area contributed by atoms with Crippen molar-refractivity contribution < 1.29 is 4.79 Å². The number of carbonyl (C=O) groups is 1. The van der Waals surface area contributed by atoms with E-state index in [1.165, 1.54) is 17.8 Å². The molecule has 1 fully saturated rings. The second kappa shape index (κ2) is 8.96. The molecule has 120 valence electrons. The van der Waals surface area contributed by atoms with E-state index >= 15 is 0 Å². The Hall–Kier alpha value is -0.330. The number of hydrogen-bond acceptors (Lipinski definition) is 4. The van der Waals surface area contributed by atoms with Crippen LogP contribution in [0.4, 0.5) is 0 Å². The van der Waals surface area contributed by atoms with Crippen molar-refractivity contribution in [2.75, 3.05) is 33.7 Å². The molecule has 1 unspecified atom stereocenters. The normalized spacial score (nSPS) is 19.1. The van der Waals surface area contributed by atoms with E-state index in [-0.39, 0.29) is 18.3 Å². The molecular formula is C14H23Cl2N3OS. The predicted octanol–water partition coefficient (Wildman–Crippen LogP) is 2.47. The molecule has 1 N–H and O–H groups in total. The first kappa shape index (κ1) is 18.7. The van der Waals surface area contributed by atoms with Crippen LogP contribution in [0.5, 0.6) is 0 Å². The first-order chi connectivity index (χ1) is 9.58. The Kier molecular flexibility index (Phi) is 7.98. The van der Waals surface area contributed by atoms with E-state index in [1.807, 2.05) is 26.2 Å². The number of piperidine rings is 1. The summed E-state index contributed by atoms with van der Waals surface area (Å²) in [6, 6.07) is 4.37. The molecule has 2 heterocycles. The number of likely N-dealkylation sites (tertiary alicyclic amines) is 1. The molecule has 2 rings (SSSR count). The molecular weight excluding hydrogens is 329 g/mol. The number of nitrogens with zero attached hydrogens (tertiary/aromatic N) is 2. The van der Waals surface area contributed by atoms with Crippen LogP contribution in [-0.2, 0) is 11.3 Å². The van der Waals surface area contributed by atoms with Gasteiger partial charge in [-0.05, 0) is 38.6 Å². The summed E-state index contributed by atoms with van der Waals surface area (Å²) in [5, 5.41) is 3.30. The minimum Gasteiger partial charge on any atom is -0.340 e. The predicted molar refractivity (Wildman–Crippen MR) is 91.6 cm³/mol. The lowest BCUT2D eigenvalue weighted by Gasteiger charge is -2.33. The van der Waals surface area contributed by atoms with E-state index in [4.69, 9.17) is 11.6 Å². The van der Waals surface area contributed by atoms with Gasteiger partial charge in [0.25, 0.3) is 0 Å². The third-order valence-electron chi connectivity index (χ3n) is 3.72. The van der Waals surface area contributed by atoms with Crippen LogP contribution in [0.25, 0.3) is 0 Å². The van der Waals surface area contributed by atoms with Gasteiger partial charge >= 0.3 is 0 Å². The van der Waals surface area contributed by atoms with Crippen LogP contribution in [0.15, 0.2) is 12.1 Å². The Morgan fingerprint density at radius 2 is 2.33 bits per heavy atom. The summed E-state index contributed by atoms with van der Waals surface area (Å²) >= 11 is 7.44. The van der Waals surface area contributed by atoms with Gasteiger partial charge in [-0.1, -0.05) is 11.6 Å². The van der Waals surface area contributed by atoms with Crippen LogP contribution < -0.4 is 5.32 Å². The first-order valence-corrected chi connectivity index (χ1v) is 8.15. The smallest absolute Gasteiger partial charge is 0.236 e. The van der Waals surface area contributed by atoms with Gasteiger partial charge in [0.15, 0.2) is 0 Å². The molecule has 0 saturated carbocycles. The molecule has 1 atom stereocenters. The summed E-state index contributed by atoms with van der Waals surface area (Å²) < 4.78 is 0.772. The average molecular weight is 352 g/mol. The SMILES string of the molecule is CNC1CCCN(CC(=O)N(C)Cc2ccc(Cl)s2)C1.Cl. The maximum atomic E-state index is 12.3. The van der Waals surface area contributed by atoms with Gasteiger partial charge in [-0.2, -0.15) is 0 Å². The van der Waals surface area contributed by atoms with E-state index in [9.17, 15) is 4.79 Å². The van der Waals surface area contributed by atoms with Crippen molar-refractivity contribution in [3.63, 3.8) is 0 Å². The molecule has 0 aliphatic carbocycles. The summed E-state index contributed by atoms with van der Waals surface area (Å²) in [6.07, 6.45) is 2.35. The molecule has 0 radical (unpaired) electrons. The second-order valence-electron chi connectivity index (χ2n) is 5.32. The molecule has 1 aliphatic heterocycles. The Morgan fingerprint density at radius 3 is 2.95 bits per heavy atom. The van der Waals surface area contributed by atoms with Crippen LogP contribution in [0.3, 0.4) is 0 Å². The molecule has 0 aromatic carbocycles. The van der Waals surface area contributed by atoms with E-state index < -0.39 is 0 Å². The number of rotatable bonds is 5. The average Bonchev–Trinajstić information content (AvgIpc) is 2.84. The molecule has 7 heteroatoms. The van der Waals surface area contributed by atoms with Gasteiger partial charge < -0.3 is 10.2 Å². The summed E-state index contributed by atoms with van der Waals surface area (Å²) in [5.41, 5.74) is 0. The highest BCUT2D eigenvalue weighted by atomic mass is 35.5. The van der Waals surface area contributed by atoms with Crippen LogP contribution in [0.2, 0.25) is 4.34 Å². The number of thiophene rings is 1. The minimum atomic E-state index is 0. The van der Waals surface area contributed by atoms with E-state index in [1.54, 1.807) is 4.90 Å². The zero-order valence-corrected chi connectivity index (χ0v) is 14.9. The molecule has 0 spiro atoms. The first-order valence-electron chi connectivity index (χ1n) is 6.96. The fourth-order valence-electron chi connectivity index (χ4n) is 2.51. The van der Waals surface area contributed by atoms with Crippen molar-refractivity contribution in [1.29, 1.82) is 0 Å². The number of hydrogen-bond donors (Lipinski definition) is 1. The van der Waals surface area contributed by atoms with Crippen LogP contribution >= 0.6 is 35.3 Å². The monoisotopic (exact) mass is 351 g/mol. The summed E-state index contributed by atoms with van der Waals surface area (Å²) in [7, 11) is 3.85. The third kappa shape index (κ3) is 5.75. The van der Waals surface area contributed by atoms with Crippen molar-refractivity contribution in [3.05, 3.63) is 21.3 Å². The Bertz CT molecular complexity index is 455. The second-order valence-corrected chi connectivity index (χ2v) is 7.12. The topological polar surface area (TPSA) is 35.6 Å². The summed E-state index contributed by atoms with van der Waals surface area (Å²) in [6.45, 7) is 3.12. The zero-order valence-electron chi connectivity index (χ0n) is 12.5. The lowest BCUT2D eigenvalue weighted by atomic mass is 10.1. The van der Waals surface area contributed by atoms with E-state index in [0.29, 0.717) is 19.1 Å². The largest absolute Gasteiger partial charge is 0.340 e. The number of halogens is 2. The minimum absolute atomic E-state index is 0. The van der Waals surface area contributed by atoms with Gasteiger partial charge in [0.05, 0.1) is 17.4 Å². The third-order valence-corrected chi connectivity index (χ3v) is 4.94. The molecule has 0 bridgehead atoms. The van der Waals surface area contributed by atoms with Crippen molar-refractivity contribution in [2.45, 2.75) is 25.4 Å². The van der Waals surface area contributed by atoms with Crippen LogP contribution in [0, 0.1) is 0 Å².